The van der Waals surface area contributed by atoms with E-state index in [0.29, 0.717) is 11.9 Å². The number of nitrogens with zero attached hydrogens (tertiary/aromatic N) is 2. The third-order valence-corrected chi connectivity index (χ3v) is 3.47. The molecule has 1 fully saturated rings. The lowest BCUT2D eigenvalue weighted by atomic mass is 10.0. The second-order valence-electron chi connectivity index (χ2n) is 5.23. The highest BCUT2D eigenvalue weighted by Crippen LogP contribution is 2.26. The van der Waals surface area contributed by atoms with Gasteiger partial charge in [-0.05, 0) is 36.8 Å². The first-order valence-corrected chi connectivity index (χ1v) is 6.86. The first kappa shape index (κ1) is 12.9. The summed E-state index contributed by atoms with van der Waals surface area (Å²) >= 11 is 0. The van der Waals surface area contributed by atoms with Gasteiger partial charge in [0, 0.05) is 13.1 Å². The largest absolute Gasteiger partial charge is 0.369 e. The highest BCUT2D eigenvalue weighted by atomic mass is 15.3. The van der Waals surface area contributed by atoms with Crippen molar-refractivity contribution in [3.8, 4) is 0 Å². The Labute approximate surface area is 110 Å². The van der Waals surface area contributed by atoms with Gasteiger partial charge in [0.15, 0.2) is 5.96 Å². The second kappa shape index (κ2) is 5.89. The molecule has 1 saturated heterocycles. The van der Waals surface area contributed by atoms with E-state index >= 15 is 0 Å². The number of aliphatic imine (C=N–C) groups is 1. The van der Waals surface area contributed by atoms with Crippen LogP contribution in [0.2, 0.25) is 0 Å². The number of benzene rings is 1. The molecule has 1 aliphatic rings. The minimum atomic E-state index is 0.471. The van der Waals surface area contributed by atoms with Gasteiger partial charge in [-0.3, -0.25) is 0 Å². The Balaban J connectivity index is 2.20. The Morgan fingerprint density at radius 3 is 2.50 bits per heavy atom. The van der Waals surface area contributed by atoms with Gasteiger partial charge >= 0.3 is 0 Å². The Bertz CT molecular complexity index is 418. The summed E-state index contributed by atoms with van der Waals surface area (Å²) in [6.45, 7) is 6.45. The molecule has 2 rings (SSSR count). The maximum Gasteiger partial charge on any atom is 0.196 e. The molecule has 0 amide bonds. The molecule has 0 aliphatic carbocycles. The molecule has 0 radical (unpaired) electrons. The van der Waals surface area contributed by atoms with Crippen molar-refractivity contribution < 1.29 is 0 Å². The third-order valence-electron chi connectivity index (χ3n) is 3.47. The van der Waals surface area contributed by atoms with E-state index in [4.69, 9.17) is 5.73 Å². The fourth-order valence-corrected chi connectivity index (χ4v) is 2.39. The molecule has 0 atom stereocenters. The fourth-order valence-electron chi connectivity index (χ4n) is 2.39. The fraction of sp³-hybridized carbons (Fsp3) is 0.533. The van der Waals surface area contributed by atoms with E-state index in [0.717, 1.165) is 18.8 Å². The normalized spacial score (nSPS) is 17.3. The molecule has 98 valence electrons. The van der Waals surface area contributed by atoms with Gasteiger partial charge < -0.3 is 10.6 Å². The van der Waals surface area contributed by atoms with Crippen molar-refractivity contribution >= 4 is 11.6 Å². The monoisotopic (exact) mass is 245 g/mol. The lowest BCUT2D eigenvalue weighted by Gasteiger charge is -2.27. The number of guanidine groups is 1. The summed E-state index contributed by atoms with van der Waals surface area (Å²) in [4.78, 5) is 6.82. The van der Waals surface area contributed by atoms with Gasteiger partial charge in [0.1, 0.15) is 0 Å². The number of piperidine rings is 1. The van der Waals surface area contributed by atoms with Gasteiger partial charge in [-0.2, -0.15) is 0 Å². The molecule has 0 spiro atoms. The Morgan fingerprint density at radius 1 is 1.17 bits per heavy atom. The van der Waals surface area contributed by atoms with Gasteiger partial charge in [-0.25, -0.2) is 4.99 Å². The highest BCUT2D eigenvalue weighted by Gasteiger charge is 2.13. The van der Waals surface area contributed by atoms with Gasteiger partial charge in [0.25, 0.3) is 0 Å². The molecule has 3 heteroatoms. The zero-order valence-electron chi connectivity index (χ0n) is 11.4. The second-order valence-corrected chi connectivity index (χ2v) is 5.23. The zero-order valence-corrected chi connectivity index (χ0v) is 11.4. The molecule has 18 heavy (non-hydrogen) atoms. The van der Waals surface area contributed by atoms with Crippen molar-refractivity contribution in [2.45, 2.75) is 39.0 Å². The quantitative estimate of drug-likeness (QED) is 0.642. The SMILES string of the molecule is CC(C)c1ccccc1N=C(N)N1CCCCC1. The molecular formula is C15H23N3. The van der Waals surface area contributed by atoms with Crippen molar-refractivity contribution in [2.24, 2.45) is 10.7 Å². The summed E-state index contributed by atoms with van der Waals surface area (Å²) < 4.78 is 0. The minimum absolute atomic E-state index is 0.471. The number of rotatable bonds is 2. The molecule has 1 heterocycles. The molecule has 0 saturated carbocycles. The van der Waals surface area contributed by atoms with E-state index in [1.54, 1.807) is 0 Å². The average Bonchev–Trinajstić information content (AvgIpc) is 2.40. The lowest BCUT2D eigenvalue weighted by molar-refractivity contribution is 0.339. The Kier molecular flexibility index (Phi) is 4.24. The summed E-state index contributed by atoms with van der Waals surface area (Å²) in [7, 11) is 0. The summed E-state index contributed by atoms with van der Waals surface area (Å²) in [5, 5.41) is 0. The van der Waals surface area contributed by atoms with Crippen LogP contribution in [-0.4, -0.2) is 23.9 Å². The van der Waals surface area contributed by atoms with Crippen LogP contribution in [0, 0.1) is 0 Å². The zero-order chi connectivity index (χ0) is 13.0. The molecule has 1 aliphatic heterocycles. The average molecular weight is 245 g/mol. The van der Waals surface area contributed by atoms with Crippen LogP contribution in [0.3, 0.4) is 0 Å². The van der Waals surface area contributed by atoms with E-state index in [-0.39, 0.29) is 0 Å². The van der Waals surface area contributed by atoms with Crippen molar-refractivity contribution in [1.82, 2.24) is 4.90 Å². The predicted octanol–water partition coefficient (Wildman–Crippen LogP) is 3.24. The van der Waals surface area contributed by atoms with E-state index in [1.807, 2.05) is 12.1 Å². The standard InChI is InChI=1S/C15H23N3/c1-12(2)13-8-4-5-9-14(13)17-15(16)18-10-6-3-7-11-18/h4-5,8-9,12H,3,6-7,10-11H2,1-2H3,(H2,16,17). The Hall–Kier alpha value is -1.51. The number of likely N-dealkylation sites (tertiary alicyclic amines) is 1. The van der Waals surface area contributed by atoms with Crippen molar-refractivity contribution in [2.75, 3.05) is 13.1 Å². The van der Waals surface area contributed by atoms with E-state index < -0.39 is 0 Å². The predicted molar refractivity (Wildman–Crippen MR) is 77.2 cm³/mol. The molecule has 0 unspecified atom stereocenters. The molecule has 0 aromatic heterocycles. The highest BCUT2D eigenvalue weighted by molar-refractivity contribution is 5.81. The summed E-state index contributed by atoms with van der Waals surface area (Å²) in [6, 6.07) is 8.26. The van der Waals surface area contributed by atoms with Gasteiger partial charge in [0.05, 0.1) is 5.69 Å². The number of para-hydroxylation sites is 1. The molecule has 1 aromatic rings. The number of hydrogen-bond donors (Lipinski definition) is 1. The van der Waals surface area contributed by atoms with Crippen LogP contribution in [0.25, 0.3) is 0 Å². The van der Waals surface area contributed by atoms with Crippen LogP contribution < -0.4 is 5.73 Å². The lowest BCUT2D eigenvalue weighted by Crippen LogP contribution is -2.40. The summed E-state index contributed by atoms with van der Waals surface area (Å²) in [5.74, 6) is 1.14. The van der Waals surface area contributed by atoms with Crippen molar-refractivity contribution in [3.63, 3.8) is 0 Å². The number of nitrogens with two attached hydrogens (primary N) is 1. The maximum atomic E-state index is 6.13. The number of hydrogen-bond acceptors (Lipinski definition) is 1. The first-order chi connectivity index (χ1) is 8.68. The van der Waals surface area contributed by atoms with Crippen LogP contribution in [-0.2, 0) is 0 Å². The van der Waals surface area contributed by atoms with E-state index in [9.17, 15) is 0 Å². The Morgan fingerprint density at radius 2 is 1.83 bits per heavy atom. The molecule has 0 bridgehead atoms. The molecule has 1 aromatic carbocycles. The topological polar surface area (TPSA) is 41.6 Å². The first-order valence-electron chi connectivity index (χ1n) is 6.86. The van der Waals surface area contributed by atoms with Crippen molar-refractivity contribution in [3.05, 3.63) is 29.8 Å². The molecule has 3 nitrogen and oxygen atoms in total. The van der Waals surface area contributed by atoms with Crippen LogP contribution >= 0.6 is 0 Å². The maximum absolute atomic E-state index is 6.13. The van der Waals surface area contributed by atoms with Crippen molar-refractivity contribution in [1.29, 1.82) is 0 Å². The summed E-state index contributed by atoms with van der Waals surface area (Å²) in [5.41, 5.74) is 8.40. The van der Waals surface area contributed by atoms with Gasteiger partial charge in [-0.15, -0.1) is 0 Å². The smallest absolute Gasteiger partial charge is 0.196 e. The van der Waals surface area contributed by atoms with Crippen LogP contribution in [0.15, 0.2) is 29.3 Å². The summed E-state index contributed by atoms with van der Waals surface area (Å²) in [6.07, 6.45) is 3.76. The molecule has 2 N–H and O–H groups in total. The van der Waals surface area contributed by atoms with Crippen LogP contribution in [0.5, 0.6) is 0 Å². The minimum Gasteiger partial charge on any atom is -0.369 e. The van der Waals surface area contributed by atoms with Crippen LogP contribution in [0.4, 0.5) is 5.69 Å². The molecular weight excluding hydrogens is 222 g/mol. The van der Waals surface area contributed by atoms with Crippen LogP contribution in [0.1, 0.15) is 44.6 Å². The van der Waals surface area contributed by atoms with E-state index in [2.05, 4.69) is 35.9 Å². The van der Waals surface area contributed by atoms with E-state index in [1.165, 1.54) is 24.8 Å². The van der Waals surface area contributed by atoms with Gasteiger partial charge in [-0.1, -0.05) is 32.0 Å². The van der Waals surface area contributed by atoms with Gasteiger partial charge in [0.2, 0.25) is 0 Å². The third kappa shape index (κ3) is 3.03.